The summed E-state index contributed by atoms with van der Waals surface area (Å²) in [5.41, 5.74) is 0.579. The SMILES string of the molecule is CC(C)(C)OC(=O)N1CCC([C@]2(c3ccc(Cl)c(Cl)c3)CC[C@H](O)CC2)C1. The van der Waals surface area contributed by atoms with Gasteiger partial charge >= 0.3 is 6.09 Å². The van der Waals surface area contributed by atoms with Crippen LogP contribution in [0.25, 0.3) is 0 Å². The fourth-order valence-corrected chi connectivity index (χ4v) is 4.86. The van der Waals surface area contributed by atoms with Crippen LogP contribution in [0.5, 0.6) is 0 Å². The van der Waals surface area contributed by atoms with Gasteiger partial charge in [0.25, 0.3) is 0 Å². The van der Waals surface area contributed by atoms with Crippen LogP contribution < -0.4 is 0 Å². The number of hydrogen-bond donors (Lipinski definition) is 1. The van der Waals surface area contributed by atoms with Crippen molar-refractivity contribution in [3.63, 3.8) is 0 Å². The zero-order valence-electron chi connectivity index (χ0n) is 16.3. The number of likely N-dealkylation sites (tertiary alicyclic amines) is 1. The summed E-state index contributed by atoms with van der Waals surface area (Å²) in [4.78, 5) is 14.3. The smallest absolute Gasteiger partial charge is 0.410 e. The minimum Gasteiger partial charge on any atom is -0.444 e. The molecule has 1 aromatic rings. The highest BCUT2D eigenvalue weighted by Gasteiger charge is 2.46. The second-order valence-electron chi connectivity index (χ2n) is 8.93. The average molecular weight is 414 g/mol. The molecular formula is C21H29Cl2NO3. The van der Waals surface area contributed by atoms with Crippen LogP contribution in [0.1, 0.15) is 58.4 Å². The van der Waals surface area contributed by atoms with Crippen LogP contribution in [0.4, 0.5) is 4.79 Å². The zero-order valence-corrected chi connectivity index (χ0v) is 17.8. The molecule has 27 heavy (non-hydrogen) atoms. The molecule has 0 bridgehead atoms. The minimum absolute atomic E-state index is 0.0930. The molecule has 1 aliphatic carbocycles. The van der Waals surface area contributed by atoms with E-state index < -0.39 is 5.60 Å². The number of benzene rings is 1. The van der Waals surface area contributed by atoms with Crippen molar-refractivity contribution in [3.8, 4) is 0 Å². The van der Waals surface area contributed by atoms with Gasteiger partial charge in [-0.2, -0.15) is 0 Å². The number of ether oxygens (including phenoxy) is 1. The number of nitrogens with zero attached hydrogens (tertiary/aromatic N) is 1. The first kappa shape index (κ1) is 20.8. The van der Waals surface area contributed by atoms with Crippen LogP contribution in [0.2, 0.25) is 10.0 Å². The van der Waals surface area contributed by atoms with Gasteiger partial charge in [0.15, 0.2) is 0 Å². The van der Waals surface area contributed by atoms with Crippen LogP contribution in [0, 0.1) is 5.92 Å². The Bertz CT molecular complexity index is 693. The largest absolute Gasteiger partial charge is 0.444 e. The predicted molar refractivity (Wildman–Crippen MR) is 109 cm³/mol. The lowest BCUT2D eigenvalue weighted by molar-refractivity contribution is 0.0263. The maximum atomic E-state index is 12.5. The van der Waals surface area contributed by atoms with Gasteiger partial charge in [0.05, 0.1) is 16.1 Å². The summed E-state index contributed by atoms with van der Waals surface area (Å²) >= 11 is 12.4. The van der Waals surface area contributed by atoms with Gasteiger partial charge in [0, 0.05) is 18.5 Å². The Morgan fingerprint density at radius 3 is 2.44 bits per heavy atom. The lowest BCUT2D eigenvalue weighted by atomic mass is 9.61. The molecule has 1 atom stereocenters. The van der Waals surface area contributed by atoms with E-state index in [-0.39, 0.29) is 17.6 Å². The molecule has 0 radical (unpaired) electrons. The van der Waals surface area contributed by atoms with E-state index in [1.807, 2.05) is 37.8 Å². The van der Waals surface area contributed by atoms with Crippen LogP contribution in [0.15, 0.2) is 18.2 Å². The van der Waals surface area contributed by atoms with Crippen molar-refractivity contribution in [2.45, 2.75) is 70.0 Å². The quantitative estimate of drug-likeness (QED) is 0.703. The van der Waals surface area contributed by atoms with Gasteiger partial charge in [-0.25, -0.2) is 4.79 Å². The molecule has 1 saturated carbocycles. The van der Waals surface area contributed by atoms with Crippen molar-refractivity contribution in [1.29, 1.82) is 0 Å². The maximum Gasteiger partial charge on any atom is 0.410 e. The van der Waals surface area contributed by atoms with Gasteiger partial charge in [-0.1, -0.05) is 29.3 Å². The van der Waals surface area contributed by atoms with E-state index in [4.69, 9.17) is 27.9 Å². The number of carbonyl (C=O) groups excluding carboxylic acids is 1. The van der Waals surface area contributed by atoms with E-state index in [0.29, 0.717) is 29.1 Å². The monoisotopic (exact) mass is 413 g/mol. The van der Waals surface area contributed by atoms with E-state index >= 15 is 0 Å². The molecule has 1 saturated heterocycles. The van der Waals surface area contributed by atoms with Gasteiger partial charge in [-0.15, -0.1) is 0 Å². The first-order valence-electron chi connectivity index (χ1n) is 9.72. The summed E-state index contributed by atoms with van der Waals surface area (Å²) in [6.45, 7) is 7.03. The number of aliphatic hydroxyl groups is 1. The molecule has 0 aromatic heterocycles. The maximum absolute atomic E-state index is 12.5. The van der Waals surface area contributed by atoms with Gasteiger partial charge in [-0.3, -0.25) is 0 Å². The third-order valence-electron chi connectivity index (χ3n) is 5.96. The van der Waals surface area contributed by atoms with Gasteiger partial charge in [-0.05, 0) is 76.5 Å². The minimum atomic E-state index is -0.495. The summed E-state index contributed by atoms with van der Waals surface area (Å²) in [5, 5.41) is 11.2. The molecule has 1 aromatic carbocycles. The highest BCUT2D eigenvalue weighted by molar-refractivity contribution is 6.42. The Labute approximate surface area is 171 Å². The molecule has 0 spiro atoms. The van der Waals surface area contributed by atoms with Crippen molar-refractivity contribution in [3.05, 3.63) is 33.8 Å². The number of rotatable bonds is 2. The Kier molecular flexibility index (Phi) is 6.00. The van der Waals surface area contributed by atoms with Crippen molar-refractivity contribution in [2.24, 2.45) is 5.92 Å². The molecule has 1 unspecified atom stereocenters. The third-order valence-corrected chi connectivity index (χ3v) is 6.70. The topological polar surface area (TPSA) is 49.8 Å². The van der Waals surface area contributed by atoms with Crippen molar-refractivity contribution in [1.82, 2.24) is 4.90 Å². The molecule has 1 heterocycles. The standard InChI is InChI=1S/C21H29Cl2NO3/c1-20(2,3)27-19(26)24-11-8-15(13-24)21(9-6-16(25)7-10-21)14-4-5-17(22)18(23)12-14/h4-5,12,15-16,25H,6-11,13H2,1-3H3/t15?,16-,21+. The van der Waals surface area contributed by atoms with Gasteiger partial charge in [0.2, 0.25) is 0 Å². The Hall–Kier alpha value is -0.970. The van der Waals surface area contributed by atoms with Gasteiger partial charge < -0.3 is 14.7 Å². The van der Waals surface area contributed by atoms with Crippen LogP contribution in [-0.2, 0) is 10.2 Å². The molecule has 1 aliphatic heterocycles. The fourth-order valence-electron chi connectivity index (χ4n) is 4.56. The number of hydrogen-bond acceptors (Lipinski definition) is 3. The summed E-state index contributed by atoms with van der Waals surface area (Å²) in [7, 11) is 0. The molecule has 4 nitrogen and oxygen atoms in total. The highest BCUT2D eigenvalue weighted by atomic mass is 35.5. The molecule has 1 amide bonds. The summed E-state index contributed by atoms with van der Waals surface area (Å²) in [6.07, 6.45) is 3.74. The van der Waals surface area contributed by atoms with E-state index in [2.05, 4.69) is 6.07 Å². The van der Waals surface area contributed by atoms with Crippen LogP contribution in [-0.4, -0.2) is 40.9 Å². The Balaban J connectivity index is 1.84. The predicted octanol–water partition coefficient (Wildman–Crippen LogP) is 5.42. The zero-order chi connectivity index (χ0) is 19.8. The highest BCUT2D eigenvalue weighted by Crippen LogP contribution is 2.49. The molecular weight excluding hydrogens is 385 g/mol. The van der Waals surface area contributed by atoms with E-state index in [9.17, 15) is 9.90 Å². The second kappa shape index (κ2) is 7.81. The molecule has 3 rings (SSSR count). The molecule has 2 aliphatic rings. The number of carbonyl (C=O) groups is 1. The van der Waals surface area contributed by atoms with E-state index in [0.717, 1.165) is 32.1 Å². The second-order valence-corrected chi connectivity index (χ2v) is 9.74. The first-order valence-corrected chi connectivity index (χ1v) is 10.5. The van der Waals surface area contributed by atoms with Gasteiger partial charge in [0.1, 0.15) is 5.60 Å². The molecule has 6 heteroatoms. The summed E-state index contributed by atoms with van der Waals surface area (Å²) in [6, 6.07) is 5.88. The lowest BCUT2D eigenvalue weighted by Gasteiger charge is -2.44. The van der Waals surface area contributed by atoms with E-state index in [1.54, 1.807) is 0 Å². The van der Waals surface area contributed by atoms with Crippen LogP contribution in [0.3, 0.4) is 0 Å². The third kappa shape index (κ3) is 4.55. The lowest BCUT2D eigenvalue weighted by Crippen LogP contribution is -2.42. The van der Waals surface area contributed by atoms with Crippen molar-refractivity contribution >= 4 is 29.3 Å². The number of halogens is 2. The van der Waals surface area contributed by atoms with E-state index in [1.165, 1.54) is 5.56 Å². The number of aliphatic hydroxyl groups excluding tert-OH is 1. The average Bonchev–Trinajstić information content (AvgIpc) is 3.08. The Morgan fingerprint density at radius 2 is 1.85 bits per heavy atom. The normalized spacial score (nSPS) is 29.0. The molecule has 150 valence electrons. The first-order chi connectivity index (χ1) is 12.6. The summed E-state index contributed by atoms with van der Waals surface area (Å²) < 4.78 is 5.56. The molecule has 1 N–H and O–H groups in total. The van der Waals surface area contributed by atoms with Crippen molar-refractivity contribution < 1.29 is 14.6 Å². The van der Waals surface area contributed by atoms with Crippen molar-refractivity contribution in [2.75, 3.05) is 13.1 Å². The summed E-state index contributed by atoms with van der Waals surface area (Å²) in [5.74, 6) is 0.315. The Morgan fingerprint density at radius 1 is 1.19 bits per heavy atom. The van der Waals surface area contributed by atoms with Crippen LogP contribution >= 0.6 is 23.2 Å². The number of amides is 1. The molecule has 2 fully saturated rings. The fraction of sp³-hybridized carbons (Fsp3) is 0.667.